The molecule has 1 aromatic carbocycles. The van der Waals surface area contributed by atoms with E-state index in [-0.39, 0.29) is 4.90 Å². The molecule has 0 bridgehead atoms. The fourth-order valence-electron chi connectivity index (χ4n) is 2.53. The molecule has 0 aliphatic carbocycles. The Morgan fingerprint density at radius 2 is 1.88 bits per heavy atom. The van der Waals surface area contributed by atoms with Crippen LogP contribution in [0.1, 0.15) is 5.56 Å². The maximum atomic E-state index is 12.7. The summed E-state index contributed by atoms with van der Waals surface area (Å²) in [6.07, 6.45) is 3.30. The second-order valence-corrected chi connectivity index (χ2v) is 7.65. The number of amides is 2. The van der Waals surface area contributed by atoms with E-state index in [9.17, 15) is 13.2 Å². The van der Waals surface area contributed by atoms with Gasteiger partial charge in [0.15, 0.2) is 0 Å². The number of morpholine rings is 1. The van der Waals surface area contributed by atoms with Crippen molar-refractivity contribution in [1.29, 1.82) is 0 Å². The predicted octanol–water partition coefficient (Wildman–Crippen LogP) is 1.42. The molecule has 1 aromatic heterocycles. The molecule has 1 fully saturated rings. The van der Waals surface area contributed by atoms with Crippen LogP contribution in [-0.4, -0.2) is 50.0 Å². The van der Waals surface area contributed by atoms with E-state index in [1.54, 1.807) is 36.7 Å². The van der Waals surface area contributed by atoms with Crippen LogP contribution >= 0.6 is 0 Å². The number of sulfonamides is 1. The Morgan fingerprint density at radius 1 is 1.15 bits per heavy atom. The number of aromatic nitrogens is 1. The van der Waals surface area contributed by atoms with Gasteiger partial charge in [0.25, 0.3) is 0 Å². The number of hydrogen-bond acceptors (Lipinski definition) is 5. The SMILES string of the molecule is O=C(NCc1ccncc1)Nc1cccc(S(=O)(=O)N2CCOCC2)c1. The predicted molar refractivity (Wildman–Crippen MR) is 96.1 cm³/mol. The van der Waals surface area contributed by atoms with E-state index in [0.717, 1.165) is 5.56 Å². The minimum atomic E-state index is -3.60. The number of rotatable bonds is 5. The molecule has 26 heavy (non-hydrogen) atoms. The second-order valence-electron chi connectivity index (χ2n) is 5.71. The smallest absolute Gasteiger partial charge is 0.319 e. The van der Waals surface area contributed by atoms with Gasteiger partial charge in [-0.25, -0.2) is 13.2 Å². The molecule has 1 aliphatic rings. The topological polar surface area (TPSA) is 101 Å². The Kier molecular flexibility index (Phi) is 5.82. The molecule has 0 spiro atoms. The fourth-order valence-corrected chi connectivity index (χ4v) is 3.98. The third-order valence-electron chi connectivity index (χ3n) is 3.90. The first-order valence-corrected chi connectivity index (χ1v) is 9.61. The lowest BCUT2D eigenvalue weighted by Gasteiger charge is -2.26. The summed E-state index contributed by atoms with van der Waals surface area (Å²) in [4.78, 5) is 16.1. The molecular weight excluding hydrogens is 356 g/mol. The summed E-state index contributed by atoms with van der Waals surface area (Å²) in [5, 5.41) is 5.37. The van der Waals surface area contributed by atoms with E-state index < -0.39 is 16.1 Å². The Labute approximate surface area is 152 Å². The number of carbonyl (C=O) groups excluding carboxylic acids is 1. The molecule has 1 saturated heterocycles. The van der Waals surface area contributed by atoms with Gasteiger partial charge < -0.3 is 15.4 Å². The van der Waals surface area contributed by atoms with Crippen molar-refractivity contribution in [3.63, 3.8) is 0 Å². The summed E-state index contributed by atoms with van der Waals surface area (Å²) in [5.41, 5.74) is 1.32. The van der Waals surface area contributed by atoms with Crippen molar-refractivity contribution in [3.8, 4) is 0 Å². The summed E-state index contributed by atoms with van der Waals surface area (Å²) >= 11 is 0. The van der Waals surface area contributed by atoms with Crippen LogP contribution in [0.25, 0.3) is 0 Å². The van der Waals surface area contributed by atoms with Crippen LogP contribution in [0.4, 0.5) is 10.5 Å². The van der Waals surface area contributed by atoms with E-state index >= 15 is 0 Å². The van der Waals surface area contributed by atoms with Crippen molar-refractivity contribution in [2.24, 2.45) is 0 Å². The molecule has 2 heterocycles. The third-order valence-corrected chi connectivity index (χ3v) is 5.80. The fraction of sp³-hybridized carbons (Fsp3) is 0.294. The van der Waals surface area contributed by atoms with Gasteiger partial charge >= 0.3 is 6.03 Å². The Bertz CT molecular complexity index is 852. The molecule has 2 amide bonds. The van der Waals surface area contributed by atoms with Crippen LogP contribution in [-0.2, 0) is 21.3 Å². The van der Waals surface area contributed by atoms with Gasteiger partial charge in [0, 0.05) is 37.7 Å². The average Bonchev–Trinajstić information content (AvgIpc) is 2.68. The first-order chi connectivity index (χ1) is 12.6. The highest BCUT2D eigenvalue weighted by molar-refractivity contribution is 7.89. The Morgan fingerprint density at radius 3 is 2.62 bits per heavy atom. The number of urea groups is 1. The van der Waals surface area contributed by atoms with Gasteiger partial charge in [-0.1, -0.05) is 6.07 Å². The zero-order valence-electron chi connectivity index (χ0n) is 14.1. The first kappa shape index (κ1) is 18.3. The van der Waals surface area contributed by atoms with E-state index in [0.29, 0.717) is 38.5 Å². The van der Waals surface area contributed by atoms with Crippen molar-refractivity contribution in [2.45, 2.75) is 11.4 Å². The van der Waals surface area contributed by atoms with Crippen molar-refractivity contribution in [1.82, 2.24) is 14.6 Å². The van der Waals surface area contributed by atoms with Crippen LogP contribution in [0, 0.1) is 0 Å². The Balaban J connectivity index is 1.64. The number of hydrogen-bond donors (Lipinski definition) is 2. The summed E-state index contributed by atoms with van der Waals surface area (Å²) in [7, 11) is -3.60. The summed E-state index contributed by atoms with van der Waals surface area (Å²) in [6.45, 7) is 1.77. The molecule has 2 N–H and O–H groups in total. The largest absolute Gasteiger partial charge is 0.379 e. The van der Waals surface area contributed by atoms with Crippen LogP contribution in [0.15, 0.2) is 53.7 Å². The van der Waals surface area contributed by atoms with Crippen molar-refractivity contribution < 1.29 is 17.9 Å². The van der Waals surface area contributed by atoms with Crippen LogP contribution in [0.3, 0.4) is 0 Å². The van der Waals surface area contributed by atoms with E-state index in [2.05, 4.69) is 15.6 Å². The van der Waals surface area contributed by atoms with Gasteiger partial charge in [0.2, 0.25) is 10.0 Å². The number of benzene rings is 1. The van der Waals surface area contributed by atoms with Crippen LogP contribution in [0.5, 0.6) is 0 Å². The number of carbonyl (C=O) groups is 1. The third kappa shape index (κ3) is 4.57. The summed E-state index contributed by atoms with van der Waals surface area (Å²) < 4.78 is 31.9. The molecule has 3 rings (SSSR count). The van der Waals surface area contributed by atoms with Crippen molar-refractivity contribution >= 4 is 21.7 Å². The molecule has 1 aliphatic heterocycles. The number of ether oxygens (including phenoxy) is 1. The van der Waals surface area contributed by atoms with Crippen molar-refractivity contribution in [3.05, 3.63) is 54.4 Å². The maximum Gasteiger partial charge on any atom is 0.319 e. The van der Waals surface area contributed by atoms with Gasteiger partial charge in [-0.15, -0.1) is 0 Å². The number of anilines is 1. The molecule has 8 nitrogen and oxygen atoms in total. The number of nitrogens with zero attached hydrogens (tertiary/aromatic N) is 2. The first-order valence-electron chi connectivity index (χ1n) is 8.17. The highest BCUT2D eigenvalue weighted by Crippen LogP contribution is 2.20. The molecule has 0 atom stereocenters. The quantitative estimate of drug-likeness (QED) is 0.822. The highest BCUT2D eigenvalue weighted by atomic mass is 32.2. The molecular formula is C17H20N4O4S. The lowest BCUT2D eigenvalue weighted by Crippen LogP contribution is -2.40. The normalized spacial score (nSPS) is 15.4. The molecule has 138 valence electrons. The zero-order valence-corrected chi connectivity index (χ0v) is 14.9. The van der Waals surface area contributed by atoms with E-state index in [4.69, 9.17) is 4.74 Å². The summed E-state index contributed by atoms with van der Waals surface area (Å²) in [5.74, 6) is 0. The average molecular weight is 376 g/mol. The van der Waals surface area contributed by atoms with Crippen molar-refractivity contribution in [2.75, 3.05) is 31.6 Å². The van der Waals surface area contributed by atoms with Gasteiger partial charge in [0.1, 0.15) is 0 Å². The van der Waals surface area contributed by atoms with Crippen LogP contribution < -0.4 is 10.6 Å². The van der Waals surface area contributed by atoms with Gasteiger partial charge in [-0.2, -0.15) is 4.31 Å². The zero-order chi connectivity index (χ0) is 18.4. The molecule has 2 aromatic rings. The molecule has 0 unspecified atom stereocenters. The number of nitrogens with one attached hydrogen (secondary N) is 2. The maximum absolute atomic E-state index is 12.7. The van der Waals surface area contributed by atoms with Crippen LogP contribution in [0.2, 0.25) is 0 Å². The molecule has 0 radical (unpaired) electrons. The van der Waals surface area contributed by atoms with Gasteiger partial charge in [-0.3, -0.25) is 4.98 Å². The lowest BCUT2D eigenvalue weighted by molar-refractivity contribution is 0.0730. The lowest BCUT2D eigenvalue weighted by atomic mass is 10.3. The van der Waals surface area contributed by atoms with Gasteiger partial charge in [0.05, 0.1) is 18.1 Å². The second kappa shape index (κ2) is 8.26. The Hall–Kier alpha value is -2.49. The minimum absolute atomic E-state index is 0.145. The van der Waals surface area contributed by atoms with Gasteiger partial charge in [-0.05, 0) is 35.9 Å². The van der Waals surface area contributed by atoms with E-state index in [1.165, 1.54) is 16.4 Å². The standard InChI is InChI=1S/C17H20N4O4S/c22-17(19-13-14-4-6-18-7-5-14)20-15-2-1-3-16(12-15)26(23,24)21-8-10-25-11-9-21/h1-7,12H,8-11,13H2,(H2,19,20,22). The summed E-state index contributed by atoms with van der Waals surface area (Å²) in [6, 6.07) is 9.41. The molecule has 0 saturated carbocycles. The highest BCUT2D eigenvalue weighted by Gasteiger charge is 2.26. The minimum Gasteiger partial charge on any atom is -0.379 e. The molecule has 9 heteroatoms. The monoisotopic (exact) mass is 376 g/mol. The number of pyridine rings is 1. The van der Waals surface area contributed by atoms with E-state index in [1.807, 2.05) is 0 Å².